The first-order valence-electron chi connectivity index (χ1n) is 18.5. The van der Waals surface area contributed by atoms with Crippen molar-refractivity contribution < 1.29 is 0 Å². The lowest BCUT2D eigenvalue weighted by Gasteiger charge is -2.35. The summed E-state index contributed by atoms with van der Waals surface area (Å²) in [5, 5.41) is 0. The third kappa shape index (κ3) is 10.8. The molecule has 0 aromatic rings. The molecule has 38 heavy (non-hydrogen) atoms. The SMILES string of the molecule is CC1CCC(CC2CCC(CC3CCC(C)CC3)CC2)CC1.CCC1CCC(CC2CCC(C)CC2)CC1. The maximum absolute atomic E-state index is 2.45. The van der Waals surface area contributed by atoms with Crippen molar-refractivity contribution in [1.29, 1.82) is 0 Å². The van der Waals surface area contributed by atoms with Crippen LogP contribution in [-0.2, 0) is 0 Å². The molecule has 0 aliphatic heterocycles. The summed E-state index contributed by atoms with van der Waals surface area (Å²) in [6.07, 6.45) is 36.9. The number of rotatable bonds is 7. The van der Waals surface area contributed by atoms with Gasteiger partial charge in [0.15, 0.2) is 0 Å². The van der Waals surface area contributed by atoms with E-state index in [1.807, 2.05) is 0 Å². The normalized spacial score (nSPS) is 42.6. The molecule has 5 aliphatic carbocycles. The smallest absolute Gasteiger partial charge is 0.0411 e. The molecule has 0 heteroatoms. The molecule has 222 valence electrons. The predicted molar refractivity (Wildman–Crippen MR) is 168 cm³/mol. The van der Waals surface area contributed by atoms with E-state index in [-0.39, 0.29) is 0 Å². The van der Waals surface area contributed by atoms with E-state index < -0.39 is 0 Å². The molecule has 0 bridgehead atoms. The number of hydrogen-bond acceptors (Lipinski definition) is 0. The molecule has 5 fully saturated rings. The average molecular weight is 527 g/mol. The van der Waals surface area contributed by atoms with Crippen molar-refractivity contribution in [3.8, 4) is 0 Å². The first kappa shape index (κ1) is 30.9. The quantitative estimate of drug-likeness (QED) is 0.309. The third-order valence-electron chi connectivity index (χ3n) is 12.9. The summed E-state index contributed by atoms with van der Waals surface area (Å²) in [6, 6.07) is 0. The molecule has 5 aliphatic rings. The van der Waals surface area contributed by atoms with Crippen LogP contribution in [0, 0.1) is 59.2 Å². The Morgan fingerprint density at radius 3 is 0.684 bits per heavy atom. The second-order valence-corrected chi connectivity index (χ2v) is 16.3. The highest BCUT2D eigenvalue weighted by molar-refractivity contribution is 4.81. The Kier molecular flexibility index (Phi) is 13.4. The zero-order chi connectivity index (χ0) is 26.7. The fraction of sp³-hybridized carbons (Fsp3) is 1.00. The Bertz CT molecular complexity index is 550. The summed E-state index contributed by atoms with van der Waals surface area (Å²) in [5.74, 6) is 10.7. The maximum Gasteiger partial charge on any atom is -0.0411 e. The highest BCUT2D eigenvalue weighted by Crippen LogP contribution is 2.42. The van der Waals surface area contributed by atoms with Gasteiger partial charge in [-0.25, -0.2) is 0 Å². The Labute approximate surface area is 240 Å². The third-order valence-corrected chi connectivity index (χ3v) is 12.9. The van der Waals surface area contributed by atoms with Crippen LogP contribution in [0.3, 0.4) is 0 Å². The monoisotopic (exact) mass is 527 g/mol. The van der Waals surface area contributed by atoms with Gasteiger partial charge in [0.25, 0.3) is 0 Å². The Morgan fingerprint density at radius 2 is 0.474 bits per heavy atom. The van der Waals surface area contributed by atoms with E-state index >= 15 is 0 Å². The zero-order valence-electron chi connectivity index (χ0n) is 26.7. The van der Waals surface area contributed by atoms with E-state index in [4.69, 9.17) is 0 Å². The van der Waals surface area contributed by atoms with Gasteiger partial charge >= 0.3 is 0 Å². The van der Waals surface area contributed by atoms with Crippen LogP contribution in [0.1, 0.15) is 182 Å². The molecule has 0 spiro atoms. The van der Waals surface area contributed by atoms with Gasteiger partial charge in [0.1, 0.15) is 0 Å². The summed E-state index contributed by atoms with van der Waals surface area (Å²) in [6.45, 7) is 9.71. The van der Waals surface area contributed by atoms with Crippen LogP contribution in [0.5, 0.6) is 0 Å². The molecule has 0 atom stereocenters. The molecular formula is C38H70. The van der Waals surface area contributed by atoms with Gasteiger partial charge in [0.2, 0.25) is 0 Å². The summed E-state index contributed by atoms with van der Waals surface area (Å²) in [4.78, 5) is 0. The van der Waals surface area contributed by atoms with Gasteiger partial charge in [0, 0.05) is 0 Å². The molecule has 0 nitrogen and oxygen atoms in total. The predicted octanol–water partition coefficient (Wildman–Crippen LogP) is 12.6. The van der Waals surface area contributed by atoms with E-state index in [1.54, 1.807) is 83.5 Å². The molecule has 5 saturated carbocycles. The molecule has 0 heterocycles. The first-order chi connectivity index (χ1) is 18.5. The molecule has 0 N–H and O–H groups in total. The molecule has 0 saturated heterocycles. The van der Waals surface area contributed by atoms with Gasteiger partial charge in [-0.3, -0.25) is 0 Å². The summed E-state index contributed by atoms with van der Waals surface area (Å²) >= 11 is 0. The van der Waals surface area contributed by atoms with Gasteiger partial charge in [-0.2, -0.15) is 0 Å². The second-order valence-electron chi connectivity index (χ2n) is 16.3. The largest absolute Gasteiger partial charge is 0.0651 e. The highest BCUT2D eigenvalue weighted by atomic mass is 14.3. The molecule has 0 unspecified atom stereocenters. The topological polar surface area (TPSA) is 0 Å². The minimum absolute atomic E-state index is 1.02. The molecule has 0 radical (unpaired) electrons. The molecule has 0 aromatic carbocycles. The van der Waals surface area contributed by atoms with Gasteiger partial charge in [-0.15, -0.1) is 0 Å². The van der Waals surface area contributed by atoms with Crippen LogP contribution in [0.4, 0.5) is 0 Å². The lowest BCUT2D eigenvalue weighted by Crippen LogP contribution is -2.22. The van der Waals surface area contributed by atoms with Gasteiger partial charge in [-0.1, -0.05) is 163 Å². The van der Waals surface area contributed by atoms with Crippen LogP contribution in [0.2, 0.25) is 0 Å². The second kappa shape index (κ2) is 16.4. The van der Waals surface area contributed by atoms with Crippen molar-refractivity contribution in [2.24, 2.45) is 59.2 Å². The summed E-state index contributed by atoms with van der Waals surface area (Å²) in [7, 11) is 0. The lowest BCUT2D eigenvalue weighted by molar-refractivity contribution is 0.168. The van der Waals surface area contributed by atoms with Crippen molar-refractivity contribution >= 4 is 0 Å². The van der Waals surface area contributed by atoms with E-state index in [0.717, 1.165) is 59.2 Å². The highest BCUT2D eigenvalue weighted by Gasteiger charge is 2.29. The average Bonchev–Trinajstić information content (AvgIpc) is 2.94. The fourth-order valence-corrected chi connectivity index (χ4v) is 9.69. The zero-order valence-corrected chi connectivity index (χ0v) is 26.7. The fourth-order valence-electron chi connectivity index (χ4n) is 9.69. The standard InChI is InChI=1S/C22H40.C16H30/c1-17-3-7-19(8-4-17)15-21-11-13-22(14-12-21)16-20-9-5-18(2)6-10-20;1-3-14-8-10-16(11-9-14)12-15-6-4-13(2)5-7-15/h17-22H,3-16H2,1-2H3;13-16H,3-12H2,1-2H3. The Balaban J connectivity index is 0.000000186. The van der Waals surface area contributed by atoms with E-state index in [0.29, 0.717) is 0 Å². The van der Waals surface area contributed by atoms with Crippen molar-refractivity contribution in [2.75, 3.05) is 0 Å². The minimum Gasteiger partial charge on any atom is -0.0651 e. The first-order valence-corrected chi connectivity index (χ1v) is 18.5. The molecule has 0 amide bonds. The van der Waals surface area contributed by atoms with Crippen molar-refractivity contribution in [3.63, 3.8) is 0 Å². The van der Waals surface area contributed by atoms with Gasteiger partial charge in [0.05, 0.1) is 0 Å². The van der Waals surface area contributed by atoms with Crippen LogP contribution in [0.15, 0.2) is 0 Å². The summed E-state index contributed by atoms with van der Waals surface area (Å²) in [5.41, 5.74) is 0. The van der Waals surface area contributed by atoms with Gasteiger partial charge in [-0.05, 0) is 78.4 Å². The molecular weight excluding hydrogens is 456 g/mol. The molecule has 5 rings (SSSR count). The van der Waals surface area contributed by atoms with E-state index in [1.165, 1.54) is 70.6 Å². The van der Waals surface area contributed by atoms with Crippen molar-refractivity contribution in [2.45, 2.75) is 182 Å². The van der Waals surface area contributed by atoms with Crippen LogP contribution in [0.25, 0.3) is 0 Å². The van der Waals surface area contributed by atoms with E-state index in [2.05, 4.69) is 27.7 Å². The van der Waals surface area contributed by atoms with Crippen molar-refractivity contribution in [1.82, 2.24) is 0 Å². The van der Waals surface area contributed by atoms with Gasteiger partial charge < -0.3 is 0 Å². The number of hydrogen-bond donors (Lipinski definition) is 0. The van der Waals surface area contributed by atoms with Crippen molar-refractivity contribution in [3.05, 3.63) is 0 Å². The van der Waals surface area contributed by atoms with Crippen LogP contribution < -0.4 is 0 Å². The van der Waals surface area contributed by atoms with Crippen LogP contribution in [-0.4, -0.2) is 0 Å². The Morgan fingerprint density at radius 1 is 0.289 bits per heavy atom. The lowest BCUT2D eigenvalue weighted by atomic mass is 9.70. The van der Waals surface area contributed by atoms with E-state index in [9.17, 15) is 0 Å². The minimum atomic E-state index is 1.02. The summed E-state index contributed by atoms with van der Waals surface area (Å²) < 4.78 is 0. The maximum atomic E-state index is 2.45. The van der Waals surface area contributed by atoms with Crippen LogP contribution >= 0.6 is 0 Å². The molecule has 0 aromatic heterocycles. The Hall–Kier alpha value is 0.